The molecule has 1 aliphatic carbocycles. The van der Waals surface area contributed by atoms with Gasteiger partial charge in [-0.2, -0.15) is 0 Å². The second-order valence-corrected chi connectivity index (χ2v) is 6.71. The zero-order valence-electron chi connectivity index (χ0n) is 12.6. The van der Waals surface area contributed by atoms with Crippen molar-refractivity contribution in [2.75, 3.05) is 6.54 Å². The Kier molecular flexibility index (Phi) is 7.98. The van der Waals surface area contributed by atoms with Crippen LogP contribution in [0.1, 0.15) is 44.1 Å². The van der Waals surface area contributed by atoms with Crippen LogP contribution in [0.5, 0.6) is 0 Å². The highest BCUT2D eigenvalue weighted by Crippen LogP contribution is 2.31. The summed E-state index contributed by atoms with van der Waals surface area (Å²) in [5, 5.41) is 4.25. The topological polar surface area (TPSA) is 55.1 Å². The van der Waals surface area contributed by atoms with Crippen LogP contribution in [0.4, 0.5) is 0 Å². The predicted molar refractivity (Wildman–Crippen MR) is 95.1 cm³/mol. The van der Waals surface area contributed by atoms with Crippen molar-refractivity contribution in [3.8, 4) is 0 Å². The molecule has 0 radical (unpaired) electrons. The van der Waals surface area contributed by atoms with Crippen LogP contribution in [0.2, 0.25) is 10.0 Å². The lowest BCUT2D eigenvalue weighted by Crippen LogP contribution is -2.33. The molecule has 6 heteroatoms. The van der Waals surface area contributed by atoms with E-state index in [1.165, 1.54) is 0 Å². The number of amides is 1. The minimum Gasteiger partial charge on any atom is -0.355 e. The van der Waals surface area contributed by atoms with E-state index in [0.717, 1.165) is 24.8 Å². The summed E-state index contributed by atoms with van der Waals surface area (Å²) in [6.07, 6.45) is 3.74. The van der Waals surface area contributed by atoms with Crippen molar-refractivity contribution in [1.82, 2.24) is 5.32 Å². The molecule has 3 atom stereocenters. The Hall–Kier alpha value is -0.480. The summed E-state index contributed by atoms with van der Waals surface area (Å²) in [6, 6.07) is 5.63. The van der Waals surface area contributed by atoms with E-state index in [2.05, 4.69) is 5.32 Å². The molecule has 1 saturated carbocycles. The lowest BCUT2D eigenvalue weighted by Gasteiger charge is -2.18. The Balaban J connectivity index is 0.00000242. The van der Waals surface area contributed by atoms with Crippen LogP contribution in [0.15, 0.2) is 18.2 Å². The summed E-state index contributed by atoms with van der Waals surface area (Å²) in [5.74, 6) is 0.462. The van der Waals surface area contributed by atoms with Crippen LogP contribution < -0.4 is 11.1 Å². The Morgan fingerprint density at radius 1 is 1.36 bits per heavy atom. The summed E-state index contributed by atoms with van der Waals surface area (Å²) in [5.41, 5.74) is 6.89. The Morgan fingerprint density at radius 2 is 2.00 bits per heavy atom. The largest absolute Gasteiger partial charge is 0.355 e. The van der Waals surface area contributed by atoms with Gasteiger partial charge in [0, 0.05) is 35.0 Å². The number of carbonyl (C=O) groups excluding carboxylic acids is 1. The highest BCUT2D eigenvalue weighted by atomic mass is 35.5. The minimum atomic E-state index is 0. The van der Waals surface area contributed by atoms with Gasteiger partial charge in [-0.25, -0.2) is 0 Å². The number of hydrogen-bond acceptors (Lipinski definition) is 2. The molecule has 0 saturated heterocycles. The van der Waals surface area contributed by atoms with Crippen LogP contribution in [0.25, 0.3) is 0 Å². The lowest BCUT2D eigenvalue weighted by molar-refractivity contribution is -0.122. The Morgan fingerprint density at radius 3 is 2.55 bits per heavy atom. The van der Waals surface area contributed by atoms with Gasteiger partial charge in [0.1, 0.15) is 0 Å². The van der Waals surface area contributed by atoms with Crippen molar-refractivity contribution in [3.05, 3.63) is 33.8 Å². The molecule has 0 bridgehead atoms. The van der Waals surface area contributed by atoms with Crippen molar-refractivity contribution in [2.24, 2.45) is 11.7 Å². The van der Waals surface area contributed by atoms with Gasteiger partial charge >= 0.3 is 0 Å². The van der Waals surface area contributed by atoms with Crippen LogP contribution in [-0.2, 0) is 4.79 Å². The van der Waals surface area contributed by atoms with Gasteiger partial charge < -0.3 is 11.1 Å². The molecule has 3 N–H and O–H groups in total. The molecular formula is C16H23Cl3N2O. The summed E-state index contributed by atoms with van der Waals surface area (Å²) in [4.78, 5) is 12.0. The van der Waals surface area contributed by atoms with Crippen molar-refractivity contribution in [2.45, 2.75) is 44.6 Å². The van der Waals surface area contributed by atoms with Crippen LogP contribution >= 0.6 is 35.6 Å². The Labute approximate surface area is 148 Å². The third-order valence-electron chi connectivity index (χ3n) is 4.26. The molecular weight excluding hydrogens is 343 g/mol. The number of benzene rings is 1. The molecule has 1 aromatic rings. The van der Waals surface area contributed by atoms with E-state index in [0.29, 0.717) is 28.9 Å². The maximum Gasteiger partial charge on any atom is 0.220 e. The molecule has 0 aliphatic heterocycles. The average Bonchev–Trinajstić information content (AvgIpc) is 2.82. The van der Waals surface area contributed by atoms with Gasteiger partial charge in [0.15, 0.2) is 0 Å². The number of halogens is 3. The Bertz CT molecular complexity index is 490. The predicted octanol–water partition coefficient (Wildman–Crippen LogP) is 4.15. The second-order valence-electron chi connectivity index (χ2n) is 5.90. The fraction of sp³-hybridized carbons (Fsp3) is 0.562. The zero-order chi connectivity index (χ0) is 15.4. The van der Waals surface area contributed by atoms with Crippen LogP contribution in [0.3, 0.4) is 0 Å². The van der Waals surface area contributed by atoms with E-state index in [1.54, 1.807) is 0 Å². The third kappa shape index (κ3) is 5.02. The first kappa shape index (κ1) is 19.6. The van der Waals surface area contributed by atoms with E-state index in [1.807, 2.05) is 25.1 Å². The lowest BCUT2D eigenvalue weighted by atomic mass is 9.98. The molecule has 0 heterocycles. The van der Waals surface area contributed by atoms with E-state index in [-0.39, 0.29) is 30.3 Å². The zero-order valence-corrected chi connectivity index (χ0v) is 15.0. The minimum absolute atomic E-state index is 0. The molecule has 0 aromatic heterocycles. The van der Waals surface area contributed by atoms with Gasteiger partial charge in [-0.15, -0.1) is 12.4 Å². The molecule has 124 valence electrons. The highest BCUT2D eigenvalue weighted by Gasteiger charge is 2.26. The van der Waals surface area contributed by atoms with E-state index in [4.69, 9.17) is 28.9 Å². The molecule has 1 aliphatic rings. The van der Waals surface area contributed by atoms with Gasteiger partial charge in [0.2, 0.25) is 5.91 Å². The van der Waals surface area contributed by atoms with E-state index < -0.39 is 0 Å². The van der Waals surface area contributed by atoms with Crippen molar-refractivity contribution in [1.29, 1.82) is 0 Å². The summed E-state index contributed by atoms with van der Waals surface area (Å²) in [6.45, 7) is 2.54. The maximum absolute atomic E-state index is 12.0. The van der Waals surface area contributed by atoms with Gasteiger partial charge in [-0.1, -0.05) is 42.6 Å². The SMILES string of the molecule is CC(CNC(=O)C[C@@H]1CCC[C@H]1N)c1c(Cl)cccc1Cl.Cl. The van der Waals surface area contributed by atoms with Crippen molar-refractivity contribution < 1.29 is 4.79 Å². The molecule has 3 nitrogen and oxygen atoms in total. The summed E-state index contributed by atoms with van der Waals surface area (Å²) >= 11 is 12.4. The highest BCUT2D eigenvalue weighted by molar-refractivity contribution is 6.36. The molecule has 1 amide bonds. The summed E-state index contributed by atoms with van der Waals surface area (Å²) in [7, 11) is 0. The standard InChI is InChI=1S/C16H22Cl2N2O.ClH/c1-10(16-12(17)5-3-6-13(16)18)9-20-15(21)8-11-4-2-7-14(11)19;/h3,5-6,10-11,14H,2,4,7-9,19H2,1H3,(H,20,21);1H/t10?,11-,14+;/m0./s1. The van der Waals surface area contributed by atoms with Crippen LogP contribution in [-0.4, -0.2) is 18.5 Å². The van der Waals surface area contributed by atoms with Crippen molar-refractivity contribution >= 4 is 41.5 Å². The normalized spacial score (nSPS) is 22.0. The number of carbonyl (C=O) groups is 1. The third-order valence-corrected chi connectivity index (χ3v) is 4.92. The first-order valence-electron chi connectivity index (χ1n) is 7.45. The first-order valence-corrected chi connectivity index (χ1v) is 8.20. The van der Waals surface area contributed by atoms with Gasteiger partial charge in [-0.05, 0) is 36.5 Å². The average molecular weight is 366 g/mol. The smallest absolute Gasteiger partial charge is 0.220 e. The van der Waals surface area contributed by atoms with E-state index in [9.17, 15) is 4.79 Å². The molecule has 1 unspecified atom stereocenters. The molecule has 1 aromatic carbocycles. The number of nitrogens with one attached hydrogen (secondary N) is 1. The molecule has 1 fully saturated rings. The fourth-order valence-corrected chi connectivity index (χ4v) is 3.75. The molecule has 0 spiro atoms. The second kappa shape index (κ2) is 8.97. The first-order chi connectivity index (χ1) is 9.99. The van der Waals surface area contributed by atoms with Crippen molar-refractivity contribution in [3.63, 3.8) is 0 Å². The van der Waals surface area contributed by atoms with E-state index >= 15 is 0 Å². The van der Waals surface area contributed by atoms with Gasteiger partial charge in [0.25, 0.3) is 0 Å². The maximum atomic E-state index is 12.0. The number of hydrogen-bond donors (Lipinski definition) is 2. The number of nitrogens with two attached hydrogens (primary N) is 1. The molecule has 2 rings (SSSR count). The molecule has 22 heavy (non-hydrogen) atoms. The fourth-order valence-electron chi connectivity index (χ4n) is 2.98. The monoisotopic (exact) mass is 364 g/mol. The summed E-state index contributed by atoms with van der Waals surface area (Å²) < 4.78 is 0. The van der Waals surface area contributed by atoms with Gasteiger partial charge in [-0.3, -0.25) is 4.79 Å². The van der Waals surface area contributed by atoms with Crippen LogP contribution in [0, 0.1) is 5.92 Å². The quantitative estimate of drug-likeness (QED) is 0.823. The number of rotatable bonds is 5. The van der Waals surface area contributed by atoms with Gasteiger partial charge in [0.05, 0.1) is 0 Å².